The van der Waals surface area contributed by atoms with Crippen molar-refractivity contribution < 1.29 is 14.3 Å². The van der Waals surface area contributed by atoms with Crippen LogP contribution in [0, 0.1) is 0 Å². The predicted molar refractivity (Wildman–Crippen MR) is 110 cm³/mol. The molecule has 1 fully saturated rings. The number of hydrogen-bond acceptors (Lipinski definition) is 6. The Bertz CT molecular complexity index is 771. The minimum Gasteiger partial charge on any atom is -0.378 e. The molecule has 6 nitrogen and oxygen atoms in total. The fourth-order valence-electron chi connectivity index (χ4n) is 2.67. The van der Waals surface area contributed by atoms with Crippen molar-refractivity contribution in [2.24, 2.45) is 0 Å². The number of carbonyl (C=O) groups is 2. The molecule has 0 saturated carbocycles. The molecule has 0 unspecified atom stereocenters. The fourth-order valence-corrected chi connectivity index (χ4v) is 4.12. The summed E-state index contributed by atoms with van der Waals surface area (Å²) in [6, 6.07) is 8.28. The van der Waals surface area contributed by atoms with Crippen molar-refractivity contribution in [1.29, 1.82) is 0 Å². The highest BCUT2D eigenvalue weighted by atomic mass is 32.2. The number of ether oxygens (including phenoxy) is 1. The van der Waals surface area contributed by atoms with Crippen molar-refractivity contribution in [2.75, 3.05) is 43.1 Å². The molecule has 2 amide bonds. The number of anilines is 1. The number of nitrogens with zero attached hydrogens (tertiary/aromatic N) is 2. The van der Waals surface area contributed by atoms with E-state index in [2.05, 4.69) is 29.4 Å². The number of thiazole rings is 1. The molecule has 1 saturated heterocycles. The summed E-state index contributed by atoms with van der Waals surface area (Å²) >= 11 is 2.73. The van der Waals surface area contributed by atoms with Crippen LogP contribution in [0.15, 0.2) is 29.6 Å². The minimum atomic E-state index is -0.142. The standard InChI is InChI=1S/C19H23N3O3S2/c1-2-14-3-5-15(6-4-14)16-11-27-19(20-16)21-17(23)12-26-13-18(24)22-7-9-25-10-8-22/h3-6,11H,2,7-10,12-13H2,1H3,(H,20,21,23). The number of hydrogen-bond donors (Lipinski definition) is 1. The number of benzene rings is 1. The first-order chi connectivity index (χ1) is 13.2. The third-order valence-corrected chi connectivity index (χ3v) is 5.91. The Morgan fingerprint density at radius 1 is 1.22 bits per heavy atom. The number of carbonyl (C=O) groups excluding carboxylic acids is 2. The second kappa shape index (κ2) is 9.87. The number of aryl methyl sites for hydroxylation is 1. The van der Waals surface area contributed by atoms with Crippen LogP contribution in [0.5, 0.6) is 0 Å². The lowest BCUT2D eigenvalue weighted by atomic mass is 10.1. The van der Waals surface area contributed by atoms with Gasteiger partial charge < -0.3 is 15.0 Å². The van der Waals surface area contributed by atoms with Crippen LogP contribution in [-0.2, 0) is 20.7 Å². The number of aromatic nitrogens is 1. The molecule has 0 atom stereocenters. The van der Waals surface area contributed by atoms with Gasteiger partial charge in [0.15, 0.2) is 5.13 Å². The van der Waals surface area contributed by atoms with Crippen molar-refractivity contribution in [1.82, 2.24) is 9.88 Å². The molecule has 1 N–H and O–H groups in total. The van der Waals surface area contributed by atoms with Crippen molar-refractivity contribution in [3.8, 4) is 11.3 Å². The SMILES string of the molecule is CCc1ccc(-c2csc(NC(=O)CSCC(=O)N3CCOCC3)n2)cc1. The van der Waals surface area contributed by atoms with Gasteiger partial charge in [-0.05, 0) is 12.0 Å². The Morgan fingerprint density at radius 2 is 1.96 bits per heavy atom. The molecule has 8 heteroatoms. The molecule has 1 aromatic carbocycles. The normalized spacial score (nSPS) is 14.2. The molecular weight excluding hydrogens is 382 g/mol. The molecule has 2 aromatic rings. The lowest BCUT2D eigenvalue weighted by Gasteiger charge is -2.26. The molecule has 0 radical (unpaired) electrons. The van der Waals surface area contributed by atoms with Gasteiger partial charge in [0.2, 0.25) is 11.8 Å². The van der Waals surface area contributed by atoms with E-state index in [0.29, 0.717) is 37.2 Å². The summed E-state index contributed by atoms with van der Waals surface area (Å²) in [7, 11) is 0. The third kappa shape index (κ3) is 5.79. The largest absolute Gasteiger partial charge is 0.378 e. The average molecular weight is 406 g/mol. The van der Waals surface area contributed by atoms with Gasteiger partial charge >= 0.3 is 0 Å². The van der Waals surface area contributed by atoms with Crippen LogP contribution in [0.25, 0.3) is 11.3 Å². The van der Waals surface area contributed by atoms with Gasteiger partial charge in [-0.1, -0.05) is 31.2 Å². The van der Waals surface area contributed by atoms with Gasteiger partial charge in [-0.25, -0.2) is 4.98 Å². The van der Waals surface area contributed by atoms with Crippen LogP contribution >= 0.6 is 23.1 Å². The number of thioether (sulfide) groups is 1. The van der Waals surface area contributed by atoms with E-state index in [4.69, 9.17) is 4.74 Å². The lowest BCUT2D eigenvalue weighted by Crippen LogP contribution is -2.41. The zero-order valence-corrected chi connectivity index (χ0v) is 16.9. The van der Waals surface area contributed by atoms with Gasteiger partial charge in [0.25, 0.3) is 0 Å². The summed E-state index contributed by atoms with van der Waals surface area (Å²) < 4.78 is 5.23. The summed E-state index contributed by atoms with van der Waals surface area (Å²) in [5.41, 5.74) is 3.17. The molecule has 1 aliphatic rings. The second-order valence-electron chi connectivity index (χ2n) is 6.12. The number of rotatable bonds is 7. The maximum absolute atomic E-state index is 12.1. The van der Waals surface area contributed by atoms with Crippen LogP contribution < -0.4 is 5.32 Å². The predicted octanol–water partition coefficient (Wildman–Crippen LogP) is 2.90. The summed E-state index contributed by atoms with van der Waals surface area (Å²) in [5.74, 6) is 0.455. The molecule has 1 aliphatic heterocycles. The molecule has 0 aliphatic carbocycles. The zero-order chi connectivity index (χ0) is 19.1. The molecule has 144 valence electrons. The van der Waals surface area contributed by atoms with E-state index >= 15 is 0 Å². The Labute approximate surface area is 167 Å². The maximum Gasteiger partial charge on any atom is 0.236 e. The molecule has 2 heterocycles. The van der Waals surface area contributed by atoms with Crippen molar-refractivity contribution in [3.05, 3.63) is 35.2 Å². The first-order valence-corrected chi connectivity index (χ1v) is 11.0. The highest BCUT2D eigenvalue weighted by molar-refractivity contribution is 8.00. The molecular formula is C19H23N3O3S2. The van der Waals surface area contributed by atoms with E-state index in [1.807, 2.05) is 17.5 Å². The number of nitrogens with one attached hydrogen (secondary N) is 1. The van der Waals surface area contributed by atoms with E-state index in [0.717, 1.165) is 17.7 Å². The van der Waals surface area contributed by atoms with E-state index in [9.17, 15) is 9.59 Å². The summed E-state index contributed by atoms with van der Waals surface area (Å²) in [4.78, 5) is 30.4. The van der Waals surface area contributed by atoms with Gasteiger partial charge in [0.05, 0.1) is 30.4 Å². The third-order valence-electron chi connectivity index (χ3n) is 4.23. The topological polar surface area (TPSA) is 71.5 Å². The quantitative estimate of drug-likeness (QED) is 0.767. The van der Waals surface area contributed by atoms with Crippen LogP contribution in [-0.4, -0.2) is 59.5 Å². The Hall–Kier alpha value is -1.90. The highest BCUT2D eigenvalue weighted by Gasteiger charge is 2.17. The van der Waals surface area contributed by atoms with E-state index in [1.54, 1.807) is 4.90 Å². The van der Waals surface area contributed by atoms with E-state index < -0.39 is 0 Å². The summed E-state index contributed by atoms with van der Waals surface area (Å²) in [5, 5.41) is 5.33. The van der Waals surface area contributed by atoms with Crippen molar-refractivity contribution in [2.45, 2.75) is 13.3 Å². The van der Waals surface area contributed by atoms with Crippen molar-refractivity contribution >= 4 is 40.0 Å². The maximum atomic E-state index is 12.1. The van der Waals surface area contributed by atoms with E-state index in [-0.39, 0.29) is 17.6 Å². The van der Waals surface area contributed by atoms with Gasteiger partial charge in [0, 0.05) is 24.0 Å². The molecule has 0 spiro atoms. The Kier molecular flexibility index (Phi) is 7.25. The van der Waals surface area contributed by atoms with Crippen LogP contribution in [0.3, 0.4) is 0 Å². The molecule has 27 heavy (non-hydrogen) atoms. The first-order valence-electron chi connectivity index (χ1n) is 8.93. The van der Waals surface area contributed by atoms with Gasteiger partial charge in [0.1, 0.15) is 0 Å². The Balaban J connectivity index is 1.44. The lowest BCUT2D eigenvalue weighted by molar-refractivity contribution is -0.132. The summed E-state index contributed by atoms with van der Waals surface area (Å²) in [6.07, 6.45) is 1.00. The molecule has 3 rings (SSSR count). The first kappa shape index (κ1) is 19.9. The minimum absolute atomic E-state index is 0.0585. The smallest absolute Gasteiger partial charge is 0.236 e. The highest BCUT2D eigenvalue weighted by Crippen LogP contribution is 2.25. The van der Waals surface area contributed by atoms with Gasteiger partial charge in [-0.3, -0.25) is 9.59 Å². The van der Waals surface area contributed by atoms with Gasteiger partial charge in [-0.15, -0.1) is 23.1 Å². The monoisotopic (exact) mass is 405 g/mol. The van der Waals surface area contributed by atoms with Crippen molar-refractivity contribution in [3.63, 3.8) is 0 Å². The average Bonchev–Trinajstić information content (AvgIpc) is 3.17. The van der Waals surface area contributed by atoms with Gasteiger partial charge in [-0.2, -0.15) is 0 Å². The van der Waals surface area contributed by atoms with Crippen LogP contribution in [0.1, 0.15) is 12.5 Å². The number of amides is 2. The zero-order valence-electron chi connectivity index (χ0n) is 15.3. The molecule has 1 aromatic heterocycles. The van der Waals surface area contributed by atoms with E-state index in [1.165, 1.54) is 28.7 Å². The summed E-state index contributed by atoms with van der Waals surface area (Å²) in [6.45, 7) is 4.56. The van der Waals surface area contributed by atoms with Crippen LogP contribution in [0.4, 0.5) is 5.13 Å². The van der Waals surface area contributed by atoms with Crippen LogP contribution in [0.2, 0.25) is 0 Å². The molecule has 0 bridgehead atoms. The second-order valence-corrected chi connectivity index (χ2v) is 7.97. The number of morpholine rings is 1. The Morgan fingerprint density at radius 3 is 2.67 bits per heavy atom. The fraction of sp³-hybridized carbons (Fsp3) is 0.421.